The summed E-state index contributed by atoms with van der Waals surface area (Å²) in [7, 11) is 0. The Balaban J connectivity index is 1.53. The summed E-state index contributed by atoms with van der Waals surface area (Å²) in [6.45, 7) is 3.38. The standard InChI is InChI=1S/C24H23NO3/c1-17(19-8-10-22(11-9-19)21-6-4-3-5-7-21)25-24(27)16-28-23-14-12-20(13-15-23)18(2)26/h3-15,17H,16H2,1-2H3,(H,25,27)/t17-/m1/s1. The van der Waals surface area contributed by atoms with Gasteiger partial charge in [-0.3, -0.25) is 9.59 Å². The van der Waals surface area contributed by atoms with E-state index in [-0.39, 0.29) is 24.3 Å². The third kappa shape index (κ3) is 5.07. The van der Waals surface area contributed by atoms with Crippen molar-refractivity contribution in [3.05, 3.63) is 90.0 Å². The molecule has 0 bridgehead atoms. The number of ketones is 1. The summed E-state index contributed by atoms with van der Waals surface area (Å²) in [6.07, 6.45) is 0. The highest BCUT2D eigenvalue weighted by atomic mass is 16.5. The number of amides is 1. The number of benzene rings is 3. The predicted octanol–water partition coefficient (Wildman–Crippen LogP) is 4.81. The molecule has 0 heterocycles. The van der Waals surface area contributed by atoms with Gasteiger partial charge >= 0.3 is 0 Å². The molecule has 3 aromatic rings. The molecule has 28 heavy (non-hydrogen) atoms. The van der Waals surface area contributed by atoms with Gasteiger partial charge in [0.2, 0.25) is 0 Å². The molecule has 0 saturated heterocycles. The second-order valence-corrected chi connectivity index (χ2v) is 6.65. The Labute approximate surface area is 165 Å². The van der Waals surface area contributed by atoms with Crippen LogP contribution >= 0.6 is 0 Å². The molecule has 0 spiro atoms. The van der Waals surface area contributed by atoms with Crippen molar-refractivity contribution in [3.8, 4) is 16.9 Å². The molecule has 3 rings (SSSR count). The quantitative estimate of drug-likeness (QED) is 0.605. The molecule has 4 heteroatoms. The van der Waals surface area contributed by atoms with Crippen LogP contribution in [-0.2, 0) is 4.79 Å². The van der Waals surface area contributed by atoms with Gasteiger partial charge in [-0.25, -0.2) is 0 Å². The van der Waals surface area contributed by atoms with Crippen LogP contribution in [-0.4, -0.2) is 18.3 Å². The average Bonchev–Trinajstić information content (AvgIpc) is 2.73. The van der Waals surface area contributed by atoms with Crippen LogP contribution in [0.15, 0.2) is 78.9 Å². The smallest absolute Gasteiger partial charge is 0.258 e. The zero-order valence-corrected chi connectivity index (χ0v) is 16.0. The van der Waals surface area contributed by atoms with Crippen LogP contribution in [0.4, 0.5) is 0 Å². The summed E-state index contributed by atoms with van der Waals surface area (Å²) in [5, 5.41) is 2.94. The van der Waals surface area contributed by atoms with Crippen molar-refractivity contribution in [3.63, 3.8) is 0 Å². The molecule has 0 unspecified atom stereocenters. The van der Waals surface area contributed by atoms with Crippen LogP contribution in [0, 0.1) is 0 Å². The molecule has 142 valence electrons. The minimum Gasteiger partial charge on any atom is -0.484 e. The molecule has 0 radical (unpaired) electrons. The van der Waals surface area contributed by atoms with Crippen molar-refractivity contribution in [2.24, 2.45) is 0 Å². The number of carbonyl (C=O) groups is 2. The first kappa shape index (κ1) is 19.4. The van der Waals surface area contributed by atoms with Gasteiger partial charge in [0.25, 0.3) is 5.91 Å². The normalized spacial score (nSPS) is 11.5. The van der Waals surface area contributed by atoms with Gasteiger partial charge in [0, 0.05) is 5.56 Å². The van der Waals surface area contributed by atoms with Crippen molar-refractivity contribution in [1.29, 1.82) is 0 Å². The maximum absolute atomic E-state index is 12.2. The lowest BCUT2D eigenvalue weighted by molar-refractivity contribution is -0.123. The molecule has 1 amide bonds. The number of nitrogens with one attached hydrogen (secondary N) is 1. The number of hydrogen-bond donors (Lipinski definition) is 1. The molecule has 1 N–H and O–H groups in total. The molecule has 0 aromatic heterocycles. The molecule has 0 aliphatic rings. The summed E-state index contributed by atoms with van der Waals surface area (Å²) in [5.74, 6) is 0.353. The van der Waals surface area contributed by atoms with Gasteiger partial charge in [-0.15, -0.1) is 0 Å². The number of hydrogen-bond acceptors (Lipinski definition) is 3. The average molecular weight is 373 g/mol. The van der Waals surface area contributed by atoms with Crippen molar-refractivity contribution < 1.29 is 14.3 Å². The van der Waals surface area contributed by atoms with Gasteiger partial charge in [-0.1, -0.05) is 54.6 Å². The lowest BCUT2D eigenvalue weighted by atomic mass is 10.0. The van der Waals surface area contributed by atoms with E-state index in [1.807, 2.05) is 37.3 Å². The van der Waals surface area contributed by atoms with E-state index in [1.165, 1.54) is 6.92 Å². The minimum atomic E-state index is -0.199. The number of rotatable bonds is 7. The number of carbonyl (C=O) groups excluding carboxylic acids is 2. The van der Waals surface area contributed by atoms with Crippen LogP contribution < -0.4 is 10.1 Å². The van der Waals surface area contributed by atoms with Gasteiger partial charge in [-0.2, -0.15) is 0 Å². The molecule has 0 saturated carbocycles. The summed E-state index contributed by atoms with van der Waals surface area (Å²) in [4.78, 5) is 23.4. The van der Waals surface area contributed by atoms with Crippen molar-refractivity contribution in [2.45, 2.75) is 19.9 Å². The Bertz CT molecular complexity index is 932. The zero-order chi connectivity index (χ0) is 19.9. The first-order chi connectivity index (χ1) is 13.5. The highest BCUT2D eigenvalue weighted by molar-refractivity contribution is 5.94. The van der Waals surface area contributed by atoms with Crippen molar-refractivity contribution in [2.75, 3.05) is 6.61 Å². The summed E-state index contributed by atoms with van der Waals surface area (Å²) < 4.78 is 5.49. The van der Waals surface area contributed by atoms with Gasteiger partial charge in [0.1, 0.15) is 5.75 Å². The Kier molecular flexibility index (Phi) is 6.22. The van der Waals surface area contributed by atoms with Gasteiger partial charge < -0.3 is 10.1 Å². The van der Waals surface area contributed by atoms with Crippen LogP contribution in [0.1, 0.15) is 35.8 Å². The fraction of sp³-hybridized carbons (Fsp3) is 0.167. The van der Waals surface area contributed by atoms with Crippen LogP contribution in [0.5, 0.6) is 5.75 Å². The molecule has 4 nitrogen and oxygen atoms in total. The highest BCUT2D eigenvalue weighted by Crippen LogP contribution is 2.21. The first-order valence-electron chi connectivity index (χ1n) is 9.21. The first-order valence-corrected chi connectivity index (χ1v) is 9.21. The lowest BCUT2D eigenvalue weighted by Gasteiger charge is -2.15. The molecular formula is C24H23NO3. The third-order valence-corrected chi connectivity index (χ3v) is 4.53. The second kappa shape index (κ2) is 9.00. The van der Waals surface area contributed by atoms with E-state index in [0.717, 1.165) is 16.7 Å². The Morgan fingerprint density at radius 3 is 2.07 bits per heavy atom. The maximum Gasteiger partial charge on any atom is 0.258 e. The maximum atomic E-state index is 12.2. The molecular weight excluding hydrogens is 350 g/mol. The topological polar surface area (TPSA) is 55.4 Å². The molecule has 1 atom stereocenters. The van der Waals surface area contributed by atoms with E-state index in [4.69, 9.17) is 4.74 Å². The highest BCUT2D eigenvalue weighted by Gasteiger charge is 2.11. The largest absolute Gasteiger partial charge is 0.484 e. The van der Waals surface area contributed by atoms with Gasteiger partial charge in [-0.05, 0) is 54.8 Å². The molecule has 0 aliphatic heterocycles. The lowest BCUT2D eigenvalue weighted by Crippen LogP contribution is -2.31. The van der Waals surface area contributed by atoms with E-state index in [9.17, 15) is 9.59 Å². The van der Waals surface area contributed by atoms with Crippen molar-refractivity contribution >= 4 is 11.7 Å². The summed E-state index contributed by atoms with van der Waals surface area (Å²) in [6, 6.07) is 24.9. The number of ether oxygens (including phenoxy) is 1. The fourth-order valence-corrected chi connectivity index (χ4v) is 2.90. The van der Waals surface area contributed by atoms with E-state index in [1.54, 1.807) is 24.3 Å². The Hall–Kier alpha value is -3.40. The second-order valence-electron chi connectivity index (χ2n) is 6.65. The van der Waals surface area contributed by atoms with Crippen molar-refractivity contribution in [1.82, 2.24) is 5.32 Å². The van der Waals surface area contributed by atoms with Crippen LogP contribution in [0.25, 0.3) is 11.1 Å². The Morgan fingerprint density at radius 1 is 0.857 bits per heavy atom. The van der Waals surface area contributed by atoms with E-state index < -0.39 is 0 Å². The van der Waals surface area contributed by atoms with E-state index >= 15 is 0 Å². The SMILES string of the molecule is CC(=O)c1ccc(OCC(=O)N[C@H](C)c2ccc(-c3ccccc3)cc2)cc1. The Morgan fingerprint density at radius 2 is 1.46 bits per heavy atom. The van der Waals surface area contributed by atoms with Crippen LogP contribution in [0.3, 0.4) is 0 Å². The number of Topliss-reactive ketones (excluding diaryl/α,β-unsaturated/α-hetero) is 1. The van der Waals surface area contributed by atoms with Gasteiger partial charge in [0.05, 0.1) is 6.04 Å². The summed E-state index contributed by atoms with van der Waals surface area (Å²) >= 11 is 0. The predicted molar refractivity (Wildman–Crippen MR) is 110 cm³/mol. The fourth-order valence-electron chi connectivity index (χ4n) is 2.90. The molecule has 3 aromatic carbocycles. The van der Waals surface area contributed by atoms with Crippen LogP contribution in [0.2, 0.25) is 0 Å². The minimum absolute atomic E-state index is 0.00333. The van der Waals surface area contributed by atoms with Gasteiger partial charge in [0.15, 0.2) is 12.4 Å². The monoisotopic (exact) mass is 373 g/mol. The van der Waals surface area contributed by atoms with E-state index in [0.29, 0.717) is 11.3 Å². The summed E-state index contributed by atoms with van der Waals surface area (Å²) in [5.41, 5.74) is 3.94. The van der Waals surface area contributed by atoms with E-state index in [2.05, 4.69) is 29.6 Å². The molecule has 0 aliphatic carbocycles. The zero-order valence-electron chi connectivity index (χ0n) is 16.0. The third-order valence-electron chi connectivity index (χ3n) is 4.53. The molecule has 0 fully saturated rings.